The van der Waals surface area contributed by atoms with Crippen molar-refractivity contribution < 1.29 is 46.4 Å². The maximum absolute atomic E-state index is 9.77. The van der Waals surface area contributed by atoms with Gasteiger partial charge in [0.25, 0.3) is 0 Å². The van der Waals surface area contributed by atoms with E-state index < -0.39 is 24.1 Å². The Bertz CT molecular complexity index is 150. The number of hydrogen-bond acceptors (Lipinski definition) is 4. The minimum atomic E-state index is -2.27. The normalized spacial score (nSPS) is 9.88. The Morgan fingerprint density at radius 2 is 0.875 bits per heavy atom. The predicted octanol–water partition coefficient (Wildman–Crippen LogP) is -7.61. The van der Waals surface area contributed by atoms with Crippen molar-refractivity contribution in [3.05, 3.63) is 0 Å². The number of carboxylic acid groups (broad SMARTS) is 2. The third-order valence-electron chi connectivity index (χ3n) is 0.805. The van der Waals surface area contributed by atoms with Crippen LogP contribution in [0.25, 0.3) is 0 Å². The van der Waals surface area contributed by atoms with Crippen LogP contribution in [-0.4, -0.2) is 161 Å². The molecule has 0 rings (SSSR count). The van der Waals surface area contributed by atoms with E-state index in [1.165, 1.54) is 0 Å². The molecule has 0 spiro atoms. The first-order valence-electron chi connectivity index (χ1n) is 2.28. The third-order valence-corrected chi connectivity index (χ3v) is 0.805. The Hall–Kier alpha value is 2.01. The molecule has 0 heterocycles. The number of hydrogen-bond donors (Lipinski definition) is 4. The second-order valence-electron chi connectivity index (χ2n) is 1.57. The number of aliphatic carboxylic acids is 2. The minimum absolute atomic E-state index is 0. The summed E-state index contributed by atoms with van der Waals surface area (Å²) < 4.78 is 0. The summed E-state index contributed by atoms with van der Waals surface area (Å²) in [6.45, 7) is 0. The third kappa shape index (κ3) is 18.4. The topological polar surface area (TPSA) is 210 Å². The van der Waals surface area contributed by atoms with E-state index >= 15 is 0 Å². The molecule has 12 heteroatoms. The van der Waals surface area contributed by atoms with Crippen LogP contribution in [0, 0.1) is 0 Å². The van der Waals surface area contributed by atoms with Gasteiger partial charge >= 0.3 is 112 Å². The van der Waals surface area contributed by atoms with E-state index in [-0.39, 0.29) is 117 Å². The molecule has 0 aliphatic heterocycles. The van der Waals surface area contributed by atoms with Crippen LogP contribution in [-0.2, 0) is 9.59 Å². The Morgan fingerprint density at radius 1 is 0.750 bits per heavy atom. The van der Waals surface area contributed by atoms with Crippen LogP contribution >= 0.6 is 0 Å². The van der Waals surface area contributed by atoms with Gasteiger partial charge in [0, 0.05) is 0 Å². The zero-order chi connectivity index (χ0) is 8.31. The number of aliphatic hydroxyl groups is 2. The summed E-state index contributed by atoms with van der Waals surface area (Å²) in [5.74, 6) is -3.54. The Labute approximate surface area is 168 Å². The molecule has 9 nitrogen and oxygen atoms in total. The fraction of sp³-hybridized carbons (Fsp3) is 0.500. The summed E-state index contributed by atoms with van der Waals surface area (Å²) in [5, 5.41) is 32.5. The van der Waals surface area contributed by atoms with Gasteiger partial charge in [-0.15, -0.1) is 0 Å². The molecule has 2 atom stereocenters. The molecule has 0 aliphatic carbocycles. The van der Waals surface area contributed by atoms with Gasteiger partial charge in [-0.1, -0.05) is 0 Å². The molecular weight excluding hydrogens is 475 g/mol. The SMILES string of the molecule is O.O.O.O=C(O)C(O)C(O)C(=O)O.[KH].[SbH3].[SbH3]. The summed E-state index contributed by atoms with van der Waals surface area (Å²) in [6.07, 6.45) is -4.53. The van der Waals surface area contributed by atoms with Gasteiger partial charge in [-0.05, 0) is 0 Å². The zero-order valence-corrected chi connectivity index (χ0v) is 15.7. The summed E-state index contributed by atoms with van der Waals surface area (Å²) in [6, 6.07) is 0. The fourth-order valence-electron chi connectivity index (χ4n) is 0.270. The van der Waals surface area contributed by atoms with Gasteiger partial charge < -0.3 is 36.9 Å². The molecular formula is C4H19KO9Sb2. The second-order valence-corrected chi connectivity index (χ2v) is 1.57. The van der Waals surface area contributed by atoms with Crippen molar-refractivity contribution in [1.82, 2.24) is 0 Å². The quantitative estimate of drug-likeness (QED) is 0.280. The van der Waals surface area contributed by atoms with Gasteiger partial charge in [0.2, 0.25) is 0 Å². The molecule has 10 N–H and O–H groups in total. The zero-order valence-electron chi connectivity index (χ0n) is 7.67. The summed E-state index contributed by atoms with van der Waals surface area (Å²) in [5.41, 5.74) is 0. The van der Waals surface area contributed by atoms with Crippen molar-refractivity contribution in [2.45, 2.75) is 12.2 Å². The van der Waals surface area contributed by atoms with E-state index in [9.17, 15) is 9.59 Å². The van der Waals surface area contributed by atoms with Gasteiger partial charge in [0.15, 0.2) is 12.2 Å². The average Bonchev–Trinajstić information content (AvgIpc) is 1.84. The maximum atomic E-state index is 9.77. The van der Waals surface area contributed by atoms with Crippen molar-refractivity contribution in [3.8, 4) is 0 Å². The van der Waals surface area contributed by atoms with Crippen LogP contribution in [0.1, 0.15) is 0 Å². The molecule has 0 saturated carbocycles. The summed E-state index contributed by atoms with van der Waals surface area (Å²) in [7, 11) is 0. The van der Waals surface area contributed by atoms with Gasteiger partial charge in [-0.2, -0.15) is 0 Å². The molecule has 0 bridgehead atoms. The molecule has 0 aliphatic rings. The molecule has 100 valence electrons. The van der Waals surface area contributed by atoms with Crippen molar-refractivity contribution in [2.24, 2.45) is 0 Å². The average molecular weight is 494 g/mol. The molecule has 0 radical (unpaired) electrons. The van der Waals surface area contributed by atoms with Gasteiger partial charge in [0.1, 0.15) is 0 Å². The molecule has 0 aromatic heterocycles. The van der Waals surface area contributed by atoms with Crippen molar-refractivity contribution in [1.29, 1.82) is 0 Å². The number of rotatable bonds is 3. The second kappa shape index (κ2) is 22.2. The van der Waals surface area contributed by atoms with Gasteiger partial charge in [0.05, 0.1) is 0 Å². The number of carboxylic acids is 2. The number of carbonyl (C=O) groups is 2. The van der Waals surface area contributed by atoms with Crippen LogP contribution in [0.4, 0.5) is 0 Å². The van der Waals surface area contributed by atoms with Crippen molar-refractivity contribution in [3.63, 3.8) is 0 Å². The van der Waals surface area contributed by atoms with E-state index in [0.717, 1.165) is 0 Å². The molecule has 0 aromatic rings. The Morgan fingerprint density at radius 3 is 0.938 bits per heavy atom. The molecule has 16 heavy (non-hydrogen) atoms. The molecule has 0 amide bonds. The van der Waals surface area contributed by atoms with Crippen LogP contribution in [0.15, 0.2) is 0 Å². The van der Waals surface area contributed by atoms with E-state index in [1.54, 1.807) is 0 Å². The van der Waals surface area contributed by atoms with Crippen molar-refractivity contribution >= 4 is 112 Å². The standard InChI is InChI=1S/C4H6O6.K.3H2O.2Sb.7H/c5-1(3(7)8)2(6)4(9)10;;;;;;;;;;;;;/h1-2,5-6H,(H,7,8)(H,9,10);;3*1H2;;;;;;;;;. The van der Waals surface area contributed by atoms with Crippen molar-refractivity contribution in [2.75, 3.05) is 0 Å². The number of aliphatic hydroxyl groups excluding tert-OH is 2. The van der Waals surface area contributed by atoms with Gasteiger partial charge in [-0.3, -0.25) is 0 Å². The Kier molecular flexibility index (Phi) is 59.7. The molecule has 0 fully saturated rings. The Balaban J connectivity index is -0.0000000270. The van der Waals surface area contributed by atoms with E-state index in [4.69, 9.17) is 20.4 Å². The van der Waals surface area contributed by atoms with E-state index in [1.807, 2.05) is 0 Å². The molecule has 0 saturated heterocycles. The van der Waals surface area contributed by atoms with E-state index in [0.29, 0.717) is 0 Å². The fourth-order valence-corrected chi connectivity index (χ4v) is 0.270. The summed E-state index contributed by atoms with van der Waals surface area (Å²) >= 11 is 0. The van der Waals surface area contributed by atoms with Gasteiger partial charge in [-0.25, -0.2) is 9.59 Å². The van der Waals surface area contributed by atoms with Crippen LogP contribution in [0.5, 0.6) is 0 Å². The van der Waals surface area contributed by atoms with Crippen LogP contribution in [0.3, 0.4) is 0 Å². The summed E-state index contributed by atoms with van der Waals surface area (Å²) in [4.78, 5) is 19.5. The first-order valence-corrected chi connectivity index (χ1v) is 2.28. The van der Waals surface area contributed by atoms with Crippen LogP contribution in [0.2, 0.25) is 0 Å². The monoisotopic (exact) mass is 492 g/mol. The first-order chi connectivity index (χ1) is 4.46. The molecule has 0 aromatic carbocycles. The van der Waals surface area contributed by atoms with E-state index in [2.05, 4.69) is 0 Å². The predicted molar refractivity (Wildman–Crippen MR) is 65.2 cm³/mol. The first kappa shape index (κ1) is 43.0. The molecule has 2 unspecified atom stereocenters. The van der Waals surface area contributed by atoms with Crippen LogP contribution < -0.4 is 0 Å².